The van der Waals surface area contributed by atoms with Crippen molar-refractivity contribution in [1.29, 1.82) is 0 Å². The largest absolute Gasteiger partial charge is 0.476 e. The van der Waals surface area contributed by atoms with E-state index in [0.717, 1.165) is 5.75 Å². The number of urea groups is 1. The van der Waals surface area contributed by atoms with Crippen molar-refractivity contribution >= 4 is 23.8 Å². The number of hydrogen-bond acceptors (Lipinski definition) is 4. The van der Waals surface area contributed by atoms with E-state index in [-0.39, 0.29) is 17.8 Å². The van der Waals surface area contributed by atoms with E-state index in [1.807, 2.05) is 13.2 Å². The summed E-state index contributed by atoms with van der Waals surface area (Å²) in [5.74, 6) is -0.175. The highest BCUT2D eigenvalue weighted by molar-refractivity contribution is 7.98. The van der Waals surface area contributed by atoms with Crippen LogP contribution in [0.1, 0.15) is 17.4 Å². The molecule has 8 heteroatoms. The zero-order chi connectivity index (χ0) is 15.1. The van der Waals surface area contributed by atoms with Gasteiger partial charge in [0, 0.05) is 38.1 Å². The maximum atomic E-state index is 11.8. The van der Waals surface area contributed by atoms with Gasteiger partial charge in [0.15, 0.2) is 5.69 Å². The Hall–Kier alpha value is -1.70. The number of thioether (sulfide) groups is 1. The van der Waals surface area contributed by atoms with E-state index in [2.05, 4.69) is 10.3 Å². The highest BCUT2D eigenvalue weighted by Crippen LogP contribution is 2.03. The molecule has 2 amide bonds. The van der Waals surface area contributed by atoms with Gasteiger partial charge >= 0.3 is 12.0 Å². The van der Waals surface area contributed by atoms with Crippen LogP contribution >= 0.6 is 11.8 Å². The van der Waals surface area contributed by atoms with Gasteiger partial charge in [0.25, 0.3) is 0 Å². The van der Waals surface area contributed by atoms with E-state index in [1.54, 1.807) is 28.3 Å². The summed E-state index contributed by atoms with van der Waals surface area (Å²) in [4.78, 5) is 27.9. The second-order valence-electron chi connectivity index (χ2n) is 4.45. The van der Waals surface area contributed by atoms with Crippen LogP contribution in [0.2, 0.25) is 0 Å². The van der Waals surface area contributed by atoms with Gasteiger partial charge in [-0.15, -0.1) is 0 Å². The molecule has 112 valence electrons. The maximum absolute atomic E-state index is 11.8. The smallest absolute Gasteiger partial charge is 0.356 e. The molecule has 0 aliphatic rings. The van der Waals surface area contributed by atoms with Gasteiger partial charge in [-0.25, -0.2) is 14.6 Å². The summed E-state index contributed by atoms with van der Waals surface area (Å²) in [6.07, 6.45) is 4.88. The molecule has 1 rings (SSSR count). The van der Waals surface area contributed by atoms with Gasteiger partial charge in [0.1, 0.15) is 0 Å². The lowest BCUT2D eigenvalue weighted by atomic mass is 10.3. The number of aromatic nitrogens is 2. The van der Waals surface area contributed by atoms with Crippen molar-refractivity contribution in [3.8, 4) is 0 Å². The Morgan fingerprint density at radius 2 is 2.30 bits per heavy atom. The second-order valence-corrected chi connectivity index (χ2v) is 5.36. The number of carbonyl (C=O) groups excluding carboxylic acids is 1. The Bertz CT molecular complexity index is 463. The zero-order valence-corrected chi connectivity index (χ0v) is 12.7. The molecule has 2 N–H and O–H groups in total. The summed E-state index contributed by atoms with van der Waals surface area (Å²) in [5.41, 5.74) is 0.00189. The lowest BCUT2D eigenvalue weighted by Crippen LogP contribution is -2.44. The van der Waals surface area contributed by atoms with E-state index < -0.39 is 5.97 Å². The van der Waals surface area contributed by atoms with Crippen molar-refractivity contribution < 1.29 is 14.7 Å². The number of rotatable bonds is 7. The number of imidazole rings is 1. The molecular weight excluding hydrogens is 280 g/mol. The summed E-state index contributed by atoms with van der Waals surface area (Å²) >= 11 is 1.69. The normalized spacial score (nSPS) is 11.9. The Balaban J connectivity index is 2.35. The van der Waals surface area contributed by atoms with Crippen molar-refractivity contribution in [1.82, 2.24) is 19.8 Å². The Kier molecular flexibility index (Phi) is 6.37. The number of carbonyl (C=O) groups is 2. The molecule has 1 atom stereocenters. The second kappa shape index (κ2) is 7.78. The van der Waals surface area contributed by atoms with E-state index in [9.17, 15) is 9.59 Å². The summed E-state index contributed by atoms with van der Waals surface area (Å²) in [6.45, 7) is 2.90. The third-order valence-electron chi connectivity index (χ3n) is 2.89. The van der Waals surface area contributed by atoms with Gasteiger partial charge in [-0.1, -0.05) is 0 Å². The molecule has 1 aromatic rings. The molecule has 0 radical (unpaired) electrons. The van der Waals surface area contributed by atoms with Crippen molar-refractivity contribution in [2.75, 3.05) is 25.6 Å². The minimum Gasteiger partial charge on any atom is -0.476 e. The number of aromatic carboxylic acids is 1. The monoisotopic (exact) mass is 300 g/mol. The SMILES string of the molecule is CSCC(C)N(C)C(=O)NCCn1cnc(C(=O)O)c1. The quantitative estimate of drug-likeness (QED) is 0.783. The minimum absolute atomic E-state index is 0.00189. The average molecular weight is 300 g/mol. The summed E-state index contributed by atoms with van der Waals surface area (Å²) in [5, 5.41) is 11.5. The van der Waals surface area contributed by atoms with Crippen LogP contribution in [0.3, 0.4) is 0 Å². The Morgan fingerprint density at radius 3 is 2.85 bits per heavy atom. The van der Waals surface area contributed by atoms with Crippen LogP contribution < -0.4 is 5.32 Å². The molecule has 0 aliphatic heterocycles. The van der Waals surface area contributed by atoms with Gasteiger partial charge in [-0.2, -0.15) is 11.8 Å². The molecular formula is C12H20N4O3S. The van der Waals surface area contributed by atoms with E-state index in [4.69, 9.17) is 5.11 Å². The zero-order valence-electron chi connectivity index (χ0n) is 11.9. The summed E-state index contributed by atoms with van der Waals surface area (Å²) in [7, 11) is 1.76. The van der Waals surface area contributed by atoms with Gasteiger partial charge < -0.3 is 19.9 Å². The van der Waals surface area contributed by atoms with Crippen molar-refractivity contribution in [3.63, 3.8) is 0 Å². The third kappa shape index (κ3) is 4.76. The first-order valence-electron chi connectivity index (χ1n) is 6.20. The van der Waals surface area contributed by atoms with Gasteiger partial charge in [0.2, 0.25) is 0 Å². The molecule has 0 spiro atoms. The van der Waals surface area contributed by atoms with Crippen LogP contribution in [-0.2, 0) is 6.54 Å². The molecule has 0 aliphatic carbocycles. The van der Waals surface area contributed by atoms with Crippen LogP contribution in [0.5, 0.6) is 0 Å². The first kappa shape index (κ1) is 16.4. The van der Waals surface area contributed by atoms with E-state index in [1.165, 1.54) is 12.5 Å². The molecule has 1 heterocycles. The van der Waals surface area contributed by atoms with Crippen LogP contribution in [0, 0.1) is 0 Å². The predicted octanol–water partition coefficient (Wildman–Crippen LogP) is 0.974. The highest BCUT2D eigenvalue weighted by Gasteiger charge is 2.14. The fraction of sp³-hybridized carbons (Fsp3) is 0.583. The topological polar surface area (TPSA) is 87.5 Å². The maximum Gasteiger partial charge on any atom is 0.356 e. The summed E-state index contributed by atoms with van der Waals surface area (Å²) < 4.78 is 1.63. The lowest BCUT2D eigenvalue weighted by molar-refractivity contribution is 0.0691. The Morgan fingerprint density at radius 1 is 1.60 bits per heavy atom. The van der Waals surface area contributed by atoms with Gasteiger partial charge in [0.05, 0.1) is 6.33 Å². The molecule has 0 aromatic carbocycles. The van der Waals surface area contributed by atoms with Crippen molar-refractivity contribution in [3.05, 3.63) is 18.2 Å². The van der Waals surface area contributed by atoms with E-state index in [0.29, 0.717) is 13.1 Å². The minimum atomic E-state index is -1.06. The number of nitrogens with one attached hydrogen (secondary N) is 1. The molecule has 0 saturated carbocycles. The highest BCUT2D eigenvalue weighted by atomic mass is 32.2. The van der Waals surface area contributed by atoms with Crippen LogP contribution in [0.15, 0.2) is 12.5 Å². The molecule has 20 heavy (non-hydrogen) atoms. The molecule has 1 unspecified atom stereocenters. The number of hydrogen-bond donors (Lipinski definition) is 2. The van der Waals surface area contributed by atoms with Crippen molar-refractivity contribution in [2.45, 2.75) is 19.5 Å². The van der Waals surface area contributed by atoms with Crippen LogP contribution in [-0.4, -0.2) is 63.2 Å². The number of amides is 2. The molecule has 7 nitrogen and oxygen atoms in total. The lowest BCUT2D eigenvalue weighted by Gasteiger charge is -2.24. The molecule has 0 fully saturated rings. The number of carboxylic acid groups (broad SMARTS) is 1. The standard InChI is InChI=1S/C12H20N4O3S/c1-9(7-20-3)15(2)12(19)13-4-5-16-6-10(11(17)18)14-8-16/h6,8-9H,4-5,7H2,1-3H3,(H,13,19)(H,17,18). The molecule has 0 saturated heterocycles. The van der Waals surface area contributed by atoms with E-state index >= 15 is 0 Å². The molecule has 1 aromatic heterocycles. The Labute approximate surface area is 122 Å². The number of nitrogens with zero attached hydrogens (tertiary/aromatic N) is 3. The average Bonchev–Trinajstić information content (AvgIpc) is 2.87. The fourth-order valence-corrected chi connectivity index (χ4v) is 2.27. The summed E-state index contributed by atoms with van der Waals surface area (Å²) in [6, 6.07) is 0.0296. The third-order valence-corrected chi connectivity index (χ3v) is 3.70. The van der Waals surface area contributed by atoms with Crippen LogP contribution in [0.4, 0.5) is 4.79 Å². The molecule has 0 bridgehead atoms. The van der Waals surface area contributed by atoms with Gasteiger partial charge in [-0.3, -0.25) is 0 Å². The van der Waals surface area contributed by atoms with Crippen LogP contribution in [0.25, 0.3) is 0 Å². The number of carboxylic acids is 1. The predicted molar refractivity (Wildman–Crippen MR) is 78.2 cm³/mol. The fourth-order valence-electron chi connectivity index (χ4n) is 1.56. The first-order valence-corrected chi connectivity index (χ1v) is 7.59. The first-order chi connectivity index (χ1) is 9.45. The van der Waals surface area contributed by atoms with Gasteiger partial charge in [-0.05, 0) is 13.2 Å². The van der Waals surface area contributed by atoms with Crippen molar-refractivity contribution in [2.24, 2.45) is 0 Å².